The summed E-state index contributed by atoms with van der Waals surface area (Å²) >= 11 is 0. The molecule has 2 atom stereocenters. The Morgan fingerprint density at radius 1 is 1.37 bits per heavy atom. The Bertz CT molecular complexity index is 349. The number of hydrogen-bond acceptors (Lipinski definition) is 2. The monoisotopic (exact) mass is 270 g/mol. The Kier molecular flexibility index (Phi) is 4.82. The molecule has 2 amide bonds. The summed E-state index contributed by atoms with van der Waals surface area (Å²) in [6.07, 6.45) is 1.42. The van der Waals surface area contributed by atoms with Gasteiger partial charge in [0.1, 0.15) is 6.04 Å². The van der Waals surface area contributed by atoms with Crippen LogP contribution in [-0.2, 0) is 4.79 Å². The quantitative estimate of drug-likeness (QED) is 0.837. The van der Waals surface area contributed by atoms with Crippen LogP contribution in [0.4, 0.5) is 4.79 Å². The largest absolute Gasteiger partial charge is 0.480 e. The molecule has 1 aliphatic heterocycles. The number of piperidine rings is 1. The number of carbonyl (C=O) groups excluding carboxylic acids is 1. The van der Waals surface area contributed by atoms with E-state index in [0.29, 0.717) is 25.4 Å². The molecule has 2 unspecified atom stereocenters. The minimum Gasteiger partial charge on any atom is -0.480 e. The van der Waals surface area contributed by atoms with Gasteiger partial charge in [-0.2, -0.15) is 0 Å². The first kappa shape index (κ1) is 15.8. The third kappa shape index (κ3) is 4.40. The van der Waals surface area contributed by atoms with E-state index >= 15 is 0 Å². The molecule has 0 aliphatic carbocycles. The highest BCUT2D eigenvalue weighted by atomic mass is 16.4. The van der Waals surface area contributed by atoms with Crippen LogP contribution in [0, 0.1) is 11.3 Å². The highest BCUT2D eigenvalue weighted by molar-refractivity contribution is 5.82. The van der Waals surface area contributed by atoms with Gasteiger partial charge in [-0.25, -0.2) is 9.59 Å². The Morgan fingerprint density at radius 2 is 1.95 bits per heavy atom. The average Bonchev–Trinajstić information content (AvgIpc) is 2.25. The lowest BCUT2D eigenvalue weighted by Gasteiger charge is -2.39. The molecule has 1 rings (SSSR count). The molecule has 0 radical (unpaired) electrons. The zero-order valence-corrected chi connectivity index (χ0v) is 12.6. The number of aliphatic carboxylic acids is 1. The van der Waals surface area contributed by atoms with Crippen LogP contribution < -0.4 is 0 Å². The number of amides is 2. The summed E-state index contributed by atoms with van der Waals surface area (Å²) < 4.78 is 0. The Balaban J connectivity index is 2.76. The van der Waals surface area contributed by atoms with E-state index in [9.17, 15) is 14.7 Å². The Labute approximate surface area is 115 Å². The van der Waals surface area contributed by atoms with Crippen LogP contribution in [0.25, 0.3) is 0 Å². The smallest absolute Gasteiger partial charge is 0.326 e. The molecule has 0 bridgehead atoms. The molecule has 0 aromatic rings. The van der Waals surface area contributed by atoms with Crippen LogP contribution in [0.15, 0.2) is 0 Å². The maximum Gasteiger partial charge on any atom is 0.326 e. The summed E-state index contributed by atoms with van der Waals surface area (Å²) in [4.78, 5) is 26.8. The van der Waals surface area contributed by atoms with Crippen LogP contribution in [0.5, 0.6) is 0 Å². The molecule has 1 heterocycles. The van der Waals surface area contributed by atoms with E-state index in [0.717, 1.165) is 6.42 Å². The van der Waals surface area contributed by atoms with E-state index < -0.39 is 12.0 Å². The molecule has 1 aliphatic rings. The standard InChI is InChI=1S/C14H26N2O3/c1-10-6-7-16(11(8-10)12(17)18)13(19)15(5)9-14(2,3)4/h10-11H,6-9H2,1-5H3,(H,17,18). The van der Waals surface area contributed by atoms with Crippen molar-refractivity contribution in [2.75, 3.05) is 20.1 Å². The van der Waals surface area contributed by atoms with Crippen molar-refractivity contribution in [1.29, 1.82) is 0 Å². The Hall–Kier alpha value is -1.26. The molecule has 19 heavy (non-hydrogen) atoms. The summed E-state index contributed by atoms with van der Waals surface area (Å²) in [5.74, 6) is -0.540. The normalized spacial score (nSPS) is 24.2. The molecule has 0 saturated carbocycles. The van der Waals surface area contributed by atoms with Crippen molar-refractivity contribution in [3.63, 3.8) is 0 Å². The van der Waals surface area contributed by atoms with Crippen molar-refractivity contribution in [2.45, 2.75) is 46.6 Å². The number of likely N-dealkylation sites (tertiary alicyclic amines) is 1. The second-order valence-electron chi connectivity index (χ2n) is 6.88. The molecule has 5 nitrogen and oxygen atoms in total. The molecule has 1 fully saturated rings. The highest BCUT2D eigenvalue weighted by Crippen LogP contribution is 2.24. The SMILES string of the molecule is CC1CCN(C(=O)N(C)CC(C)(C)C)C(C(=O)O)C1. The summed E-state index contributed by atoms with van der Waals surface area (Å²) in [7, 11) is 1.74. The molecule has 5 heteroatoms. The van der Waals surface area contributed by atoms with Gasteiger partial charge in [0.2, 0.25) is 0 Å². The van der Waals surface area contributed by atoms with Gasteiger partial charge in [-0.05, 0) is 24.2 Å². The maximum absolute atomic E-state index is 12.4. The third-order valence-corrected chi connectivity index (χ3v) is 3.43. The van der Waals surface area contributed by atoms with E-state index in [2.05, 4.69) is 20.8 Å². The second-order valence-corrected chi connectivity index (χ2v) is 6.88. The molecule has 0 aromatic carbocycles. The molecule has 0 spiro atoms. The molecular formula is C14H26N2O3. The first-order chi connectivity index (χ1) is 8.61. The van der Waals surface area contributed by atoms with E-state index in [1.807, 2.05) is 6.92 Å². The number of nitrogens with zero attached hydrogens (tertiary/aromatic N) is 2. The molecule has 110 valence electrons. The van der Waals surface area contributed by atoms with Gasteiger partial charge in [0, 0.05) is 20.1 Å². The number of carboxylic acids is 1. The second kappa shape index (κ2) is 5.80. The average molecular weight is 270 g/mol. The maximum atomic E-state index is 12.4. The van der Waals surface area contributed by atoms with Crippen molar-refractivity contribution in [2.24, 2.45) is 11.3 Å². The number of carbonyl (C=O) groups is 2. The fourth-order valence-electron chi connectivity index (χ4n) is 2.60. The van der Waals surface area contributed by atoms with E-state index in [1.165, 1.54) is 4.90 Å². The van der Waals surface area contributed by atoms with Crippen molar-refractivity contribution in [3.05, 3.63) is 0 Å². The van der Waals surface area contributed by atoms with E-state index in [1.54, 1.807) is 11.9 Å². The fraction of sp³-hybridized carbons (Fsp3) is 0.857. The molecule has 0 aromatic heterocycles. The van der Waals surface area contributed by atoms with Gasteiger partial charge in [0.15, 0.2) is 0 Å². The minimum absolute atomic E-state index is 0.00616. The summed E-state index contributed by atoms with van der Waals surface area (Å²) in [6.45, 7) is 9.36. The van der Waals surface area contributed by atoms with Crippen molar-refractivity contribution in [3.8, 4) is 0 Å². The minimum atomic E-state index is -0.899. The van der Waals surface area contributed by atoms with Crippen LogP contribution in [0.1, 0.15) is 40.5 Å². The van der Waals surface area contributed by atoms with Gasteiger partial charge >= 0.3 is 12.0 Å². The lowest BCUT2D eigenvalue weighted by atomic mass is 9.92. The lowest BCUT2D eigenvalue weighted by molar-refractivity contribution is -0.144. The number of carboxylic acid groups (broad SMARTS) is 1. The van der Waals surface area contributed by atoms with Crippen molar-refractivity contribution >= 4 is 12.0 Å². The Morgan fingerprint density at radius 3 is 2.42 bits per heavy atom. The van der Waals surface area contributed by atoms with Gasteiger partial charge in [-0.15, -0.1) is 0 Å². The first-order valence-electron chi connectivity index (χ1n) is 6.86. The summed E-state index contributed by atoms with van der Waals surface area (Å²) in [5, 5.41) is 9.28. The molecular weight excluding hydrogens is 244 g/mol. The molecule has 1 saturated heterocycles. The molecule has 1 N–H and O–H groups in total. The van der Waals surface area contributed by atoms with Gasteiger partial charge in [-0.3, -0.25) is 0 Å². The lowest BCUT2D eigenvalue weighted by Crippen LogP contribution is -2.54. The van der Waals surface area contributed by atoms with Crippen LogP contribution >= 0.6 is 0 Å². The fourth-order valence-corrected chi connectivity index (χ4v) is 2.60. The van der Waals surface area contributed by atoms with Crippen LogP contribution in [-0.4, -0.2) is 53.1 Å². The van der Waals surface area contributed by atoms with Gasteiger partial charge in [0.25, 0.3) is 0 Å². The van der Waals surface area contributed by atoms with Gasteiger partial charge < -0.3 is 14.9 Å². The summed E-state index contributed by atoms with van der Waals surface area (Å²) in [6, 6.07) is -0.854. The van der Waals surface area contributed by atoms with E-state index in [4.69, 9.17) is 0 Å². The number of urea groups is 1. The van der Waals surface area contributed by atoms with Gasteiger partial charge in [0.05, 0.1) is 0 Å². The van der Waals surface area contributed by atoms with Gasteiger partial charge in [-0.1, -0.05) is 27.7 Å². The third-order valence-electron chi connectivity index (χ3n) is 3.43. The number of rotatable bonds is 2. The zero-order valence-electron chi connectivity index (χ0n) is 12.6. The van der Waals surface area contributed by atoms with Crippen LogP contribution in [0.2, 0.25) is 0 Å². The van der Waals surface area contributed by atoms with Crippen molar-refractivity contribution in [1.82, 2.24) is 9.80 Å². The van der Waals surface area contributed by atoms with Crippen LogP contribution in [0.3, 0.4) is 0 Å². The zero-order chi connectivity index (χ0) is 14.8. The highest BCUT2D eigenvalue weighted by Gasteiger charge is 2.36. The topological polar surface area (TPSA) is 60.9 Å². The van der Waals surface area contributed by atoms with E-state index in [-0.39, 0.29) is 11.4 Å². The number of hydrogen-bond donors (Lipinski definition) is 1. The van der Waals surface area contributed by atoms with Crippen molar-refractivity contribution < 1.29 is 14.7 Å². The summed E-state index contributed by atoms with van der Waals surface area (Å²) in [5.41, 5.74) is 0.00616. The predicted molar refractivity (Wildman–Crippen MR) is 74.0 cm³/mol. The first-order valence-corrected chi connectivity index (χ1v) is 6.86. The predicted octanol–water partition coefficient (Wildman–Crippen LogP) is 2.27.